The maximum Gasteiger partial charge on any atom is 0.335 e. The third kappa shape index (κ3) is 2.64. The molecule has 0 spiro atoms. The summed E-state index contributed by atoms with van der Waals surface area (Å²) < 4.78 is 14.3. The van der Waals surface area contributed by atoms with E-state index in [0.717, 1.165) is 7.11 Å². The summed E-state index contributed by atoms with van der Waals surface area (Å²) in [5, 5.41) is 28.7. The van der Waals surface area contributed by atoms with E-state index in [9.17, 15) is 20.1 Å². The molecule has 1 saturated heterocycles. The van der Waals surface area contributed by atoms with E-state index in [1.54, 1.807) is 0 Å². The van der Waals surface area contributed by atoms with Crippen molar-refractivity contribution in [3.05, 3.63) is 12.2 Å². The standard InChI is InChI=1S/C10H16O7/c1-4(9(14)15-2)8-6(12)5(11)7(13)10(16-3)17-8/h5-8,10-13H,1H2,2-3H3. The number of methoxy groups -OCH3 is 2. The highest BCUT2D eigenvalue weighted by Gasteiger charge is 2.46. The van der Waals surface area contributed by atoms with Crippen LogP contribution in [0.2, 0.25) is 0 Å². The van der Waals surface area contributed by atoms with E-state index >= 15 is 0 Å². The van der Waals surface area contributed by atoms with Crippen LogP contribution in [0.5, 0.6) is 0 Å². The van der Waals surface area contributed by atoms with Crippen molar-refractivity contribution in [3.8, 4) is 0 Å². The maximum absolute atomic E-state index is 11.2. The first-order chi connectivity index (χ1) is 7.93. The van der Waals surface area contributed by atoms with Gasteiger partial charge in [-0.15, -0.1) is 0 Å². The van der Waals surface area contributed by atoms with Gasteiger partial charge in [0.25, 0.3) is 0 Å². The molecule has 0 bridgehead atoms. The van der Waals surface area contributed by atoms with Crippen LogP contribution >= 0.6 is 0 Å². The molecule has 1 aliphatic heterocycles. The van der Waals surface area contributed by atoms with Gasteiger partial charge in [0.2, 0.25) is 0 Å². The molecule has 5 atom stereocenters. The second-order valence-corrected chi connectivity index (χ2v) is 3.65. The minimum Gasteiger partial charge on any atom is -0.466 e. The van der Waals surface area contributed by atoms with Crippen molar-refractivity contribution in [2.45, 2.75) is 30.7 Å². The Balaban J connectivity index is 2.85. The fraction of sp³-hybridized carbons (Fsp3) is 0.700. The van der Waals surface area contributed by atoms with Crippen LogP contribution in [0.3, 0.4) is 0 Å². The molecule has 0 saturated carbocycles. The van der Waals surface area contributed by atoms with Gasteiger partial charge in [0.15, 0.2) is 6.29 Å². The van der Waals surface area contributed by atoms with Gasteiger partial charge in [-0.05, 0) is 0 Å². The quantitative estimate of drug-likeness (QED) is 0.398. The lowest BCUT2D eigenvalue weighted by Gasteiger charge is -2.39. The molecule has 0 aliphatic carbocycles. The summed E-state index contributed by atoms with van der Waals surface area (Å²) >= 11 is 0. The fourth-order valence-corrected chi connectivity index (χ4v) is 1.58. The van der Waals surface area contributed by atoms with E-state index < -0.39 is 36.7 Å². The zero-order chi connectivity index (χ0) is 13.2. The molecule has 1 rings (SSSR count). The third-order valence-electron chi connectivity index (χ3n) is 2.59. The van der Waals surface area contributed by atoms with Crippen molar-refractivity contribution < 1.29 is 34.3 Å². The fourth-order valence-electron chi connectivity index (χ4n) is 1.58. The van der Waals surface area contributed by atoms with E-state index in [-0.39, 0.29) is 5.57 Å². The number of aliphatic hydroxyl groups is 3. The van der Waals surface area contributed by atoms with Crippen molar-refractivity contribution in [1.82, 2.24) is 0 Å². The van der Waals surface area contributed by atoms with Gasteiger partial charge >= 0.3 is 5.97 Å². The maximum atomic E-state index is 11.2. The van der Waals surface area contributed by atoms with Gasteiger partial charge in [-0.25, -0.2) is 4.79 Å². The first-order valence-electron chi connectivity index (χ1n) is 4.93. The first-order valence-corrected chi connectivity index (χ1v) is 4.93. The predicted octanol–water partition coefficient (Wildman–Crippen LogP) is -1.83. The second kappa shape index (κ2) is 5.56. The Morgan fingerprint density at radius 3 is 2.24 bits per heavy atom. The molecule has 98 valence electrons. The number of carbonyl (C=O) groups excluding carboxylic acids is 1. The van der Waals surface area contributed by atoms with Crippen molar-refractivity contribution in [3.63, 3.8) is 0 Å². The summed E-state index contributed by atoms with van der Waals surface area (Å²) in [5.41, 5.74) is -0.159. The van der Waals surface area contributed by atoms with Crippen molar-refractivity contribution >= 4 is 5.97 Å². The highest BCUT2D eigenvalue weighted by Crippen LogP contribution is 2.25. The van der Waals surface area contributed by atoms with Crippen LogP contribution in [0.4, 0.5) is 0 Å². The molecule has 5 unspecified atom stereocenters. The lowest BCUT2D eigenvalue weighted by Crippen LogP contribution is -2.58. The van der Waals surface area contributed by atoms with Crippen LogP contribution in [0.1, 0.15) is 0 Å². The lowest BCUT2D eigenvalue weighted by atomic mass is 9.94. The van der Waals surface area contributed by atoms with Crippen LogP contribution in [0.15, 0.2) is 12.2 Å². The van der Waals surface area contributed by atoms with Gasteiger partial charge in [-0.2, -0.15) is 0 Å². The number of hydrogen-bond acceptors (Lipinski definition) is 7. The molecule has 0 amide bonds. The number of rotatable bonds is 3. The van der Waals surface area contributed by atoms with Gasteiger partial charge in [0.1, 0.15) is 24.4 Å². The van der Waals surface area contributed by atoms with Gasteiger partial charge in [-0.3, -0.25) is 0 Å². The average Bonchev–Trinajstić information content (AvgIpc) is 2.34. The number of aliphatic hydroxyl groups excluding tert-OH is 3. The Kier molecular flexibility index (Phi) is 4.61. The van der Waals surface area contributed by atoms with E-state index in [4.69, 9.17) is 9.47 Å². The van der Waals surface area contributed by atoms with Crippen LogP contribution in [-0.4, -0.2) is 66.2 Å². The van der Waals surface area contributed by atoms with Crippen LogP contribution < -0.4 is 0 Å². The average molecular weight is 248 g/mol. The van der Waals surface area contributed by atoms with Gasteiger partial charge in [0, 0.05) is 7.11 Å². The Bertz CT molecular complexity index is 301. The molecule has 7 heteroatoms. The molecule has 0 aromatic heterocycles. The first kappa shape index (κ1) is 14.1. The number of hydrogen-bond donors (Lipinski definition) is 3. The van der Waals surface area contributed by atoms with E-state index in [2.05, 4.69) is 11.3 Å². The highest BCUT2D eigenvalue weighted by atomic mass is 16.7. The monoisotopic (exact) mass is 248 g/mol. The highest BCUT2D eigenvalue weighted by molar-refractivity contribution is 5.88. The van der Waals surface area contributed by atoms with Gasteiger partial charge in [-0.1, -0.05) is 6.58 Å². The lowest BCUT2D eigenvalue weighted by molar-refractivity contribution is -0.282. The van der Waals surface area contributed by atoms with E-state index in [0.29, 0.717) is 0 Å². The Morgan fingerprint density at radius 2 is 1.76 bits per heavy atom. The summed E-state index contributed by atoms with van der Waals surface area (Å²) in [5.74, 6) is -0.771. The molecule has 0 radical (unpaired) electrons. The van der Waals surface area contributed by atoms with Crippen molar-refractivity contribution in [1.29, 1.82) is 0 Å². The summed E-state index contributed by atoms with van der Waals surface area (Å²) in [6.45, 7) is 3.42. The largest absolute Gasteiger partial charge is 0.466 e. The van der Waals surface area contributed by atoms with E-state index in [1.807, 2.05) is 0 Å². The zero-order valence-electron chi connectivity index (χ0n) is 9.57. The van der Waals surface area contributed by atoms with Crippen molar-refractivity contribution in [2.24, 2.45) is 0 Å². The molecular weight excluding hydrogens is 232 g/mol. The van der Waals surface area contributed by atoms with Gasteiger partial charge < -0.3 is 29.5 Å². The zero-order valence-corrected chi connectivity index (χ0v) is 9.57. The molecule has 3 N–H and O–H groups in total. The molecule has 17 heavy (non-hydrogen) atoms. The molecular formula is C10H16O7. The molecule has 0 aromatic rings. The minimum absolute atomic E-state index is 0.159. The van der Waals surface area contributed by atoms with Crippen LogP contribution in [-0.2, 0) is 19.0 Å². The molecule has 7 nitrogen and oxygen atoms in total. The second-order valence-electron chi connectivity index (χ2n) is 3.65. The van der Waals surface area contributed by atoms with Gasteiger partial charge in [0.05, 0.1) is 12.7 Å². The third-order valence-corrected chi connectivity index (χ3v) is 2.59. The summed E-state index contributed by atoms with van der Waals surface area (Å²) in [6.07, 6.45) is -6.73. The number of esters is 1. The van der Waals surface area contributed by atoms with Crippen molar-refractivity contribution in [2.75, 3.05) is 14.2 Å². The Labute approximate surface area is 98.2 Å². The Hall–Kier alpha value is -0.990. The van der Waals surface area contributed by atoms with Crippen LogP contribution in [0.25, 0.3) is 0 Å². The molecule has 0 aromatic carbocycles. The summed E-state index contributed by atoms with van der Waals surface area (Å²) in [6, 6.07) is 0. The van der Waals surface area contributed by atoms with Crippen LogP contribution in [0, 0.1) is 0 Å². The summed E-state index contributed by atoms with van der Waals surface area (Å²) in [7, 11) is 2.41. The van der Waals surface area contributed by atoms with E-state index in [1.165, 1.54) is 7.11 Å². The SMILES string of the molecule is C=C(C(=O)OC)C1OC(OC)C(O)C(O)C1O. The molecule has 1 aliphatic rings. The predicted molar refractivity (Wildman–Crippen MR) is 54.8 cm³/mol. The smallest absolute Gasteiger partial charge is 0.335 e. The minimum atomic E-state index is -1.50. The Morgan fingerprint density at radius 1 is 1.18 bits per heavy atom. The topological polar surface area (TPSA) is 105 Å². The number of ether oxygens (including phenoxy) is 3. The summed E-state index contributed by atoms with van der Waals surface area (Å²) in [4.78, 5) is 11.2. The molecule has 1 fully saturated rings. The normalized spacial score (nSPS) is 37.6. The number of carbonyl (C=O) groups is 1. The molecule has 1 heterocycles.